The van der Waals surface area contributed by atoms with Gasteiger partial charge in [0.15, 0.2) is 5.78 Å². The van der Waals surface area contributed by atoms with Crippen molar-refractivity contribution in [3.8, 4) is 5.75 Å². The molecule has 182 valence electrons. The Kier molecular flexibility index (Phi) is 9.40. The Bertz CT molecular complexity index is 955. The molecule has 3 atom stereocenters. The van der Waals surface area contributed by atoms with Gasteiger partial charge in [0.2, 0.25) is 5.91 Å². The molecule has 1 amide bonds. The van der Waals surface area contributed by atoms with Crippen LogP contribution < -0.4 is 10.2 Å². The number of Topliss-reactive ketones (excluding diaryl/α,β-unsaturated/α-hetero) is 2. The predicted octanol–water partition coefficient (Wildman–Crippen LogP) is 5.03. The van der Waals surface area contributed by atoms with Gasteiger partial charge in [-0.15, -0.1) is 0 Å². The molecule has 2 bridgehead atoms. The van der Waals surface area contributed by atoms with Gasteiger partial charge in [-0.3, -0.25) is 19.6 Å². The molecule has 0 radical (unpaired) electrons. The lowest BCUT2D eigenvalue weighted by Gasteiger charge is -2.27. The Balaban J connectivity index is 1.97. The second-order valence-corrected chi connectivity index (χ2v) is 9.61. The molecule has 6 heteroatoms. The Morgan fingerprint density at radius 3 is 2.38 bits per heavy atom. The van der Waals surface area contributed by atoms with Gasteiger partial charge in [-0.05, 0) is 55.7 Å². The van der Waals surface area contributed by atoms with Crippen LogP contribution in [-0.2, 0) is 16.0 Å². The molecule has 2 aromatic rings. The third kappa shape index (κ3) is 7.00. The molecule has 0 aromatic heterocycles. The van der Waals surface area contributed by atoms with Crippen LogP contribution in [0.15, 0.2) is 54.6 Å². The highest BCUT2D eigenvalue weighted by atomic mass is 16.5. The summed E-state index contributed by atoms with van der Waals surface area (Å²) < 4.78 is 5.83. The summed E-state index contributed by atoms with van der Waals surface area (Å²) in [6, 6.07) is 16.7. The van der Waals surface area contributed by atoms with Crippen molar-refractivity contribution in [2.45, 2.75) is 52.4 Å². The number of ketones is 2. The standard InChI is InChI=1S/C28H35NO5/c1-19(2)16-25-24(28(32)29-33)10-6-7-15-34-23-13-11-20(12-14-23)17-22(18-26(25)30)27(31)21-8-4-3-5-9-21/h3-5,8-9,11-14,19,22,24-25,33H,6-7,10,15-18H2,1-2H3,(H,29,32)/t22-,24+,25-/m1/s1. The van der Waals surface area contributed by atoms with E-state index in [4.69, 9.17) is 4.74 Å². The molecule has 2 aliphatic heterocycles. The highest BCUT2D eigenvalue weighted by Crippen LogP contribution is 2.31. The van der Waals surface area contributed by atoms with Crippen molar-refractivity contribution in [3.05, 3.63) is 65.7 Å². The summed E-state index contributed by atoms with van der Waals surface area (Å²) in [5.41, 5.74) is 3.29. The monoisotopic (exact) mass is 465 g/mol. The summed E-state index contributed by atoms with van der Waals surface area (Å²) in [7, 11) is 0. The zero-order chi connectivity index (χ0) is 24.5. The summed E-state index contributed by atoms with van der Waals surface area (Å²) in [5, 5.41) is 9.39. The minimum Gasteiger partial charge on any atom is -0.494 e. The fourth-order valence-corrected chi connectivity index (χ4v) is 4.78. The summed E-state index contributed by atoms with van der Waals surface area (Å²) in [5.74, 6) is -1.53. The van der Waals surface area contributed by atoms with Gasteiger partial charge in [0, 0.05) is 29.7 Å². The highest BCUT2D eigenvalue weighted by molar-refractivity contribution is 6.01. The van der Waals surface area contributed by atoms with Gasteiger partial charge in [0.25, 0.3) is 0 Å². The molecule has 34 heavy (non-hydrogen) atoms. The van der Waals surface area contributed by atoms with Gasteiger partial charge in [0.05, 0.1) is 6.61 Å². The molecule has 2 heterocycles. The quantitative estimate of drug-likeness (QED) is 0.367. The number of ether oxygens (including phenoxy) is 1. The van der Waals surface area contributed by atoms with Crippen LogP contribution in [0.25, 0.3) is 0 Å². The molecule has 2 N–H and O–H groups in total. The number of rotatable bonds is 5. The van der Waals surface area contributed by atoms with E-state index < -0.39 is 23.7 Å². The topological polar surface area (TPSA) is 92.7 Å². The number of benzene rings is 2. The van der Waals surface area contributed by atoms with Crippen LogP contribution in [0.3, 0.4) is 0 Å². The van der Waals surface area contributed by atoms with Gasteiger partial charge < -0.3 is 4.74 Å². The van der Waals surface area contributed by atoms with Crippen molar-refractivity contribution >= 4 is 17.5 Å². The van der Waals surface area contributed by atoms with Crippen LogP contribution in [0, 0.1) is 23.7 Å². The Labute approximate surface area is 201 Å². The Hall–Kier alpha value is -2.99. The maximum Gasteiger partial charge on any atom is 0.247 e. The van der Waals surface area contributed by atoms with E-state index in [9.17, 15) is 19.6 Å². The first-order valence-corrected chi connectivity index (χ1v) is 12.2. The van der Waals surface area contributed by atoms with E-state index in [1.807, 2.05) is 56.3 Å². The van der Waals surface area contributed by atoms with Crippen LogP contribution in [0.4, 0.5) is 0 Å². The van der Waals surface area contributed by atoms with Crippen molar-refractivity contribution in [1.82, 2.24) is 5.48 Å². The van der Waals surface area contributed by atoms with Crippen LogP contribution >= 0.6 is 0 Å². The SMILES string of the molecule is CC(C)C[C@H]1C(=O)C[C@H](C(=O)c2ccccc2)Cc2ccc(cc2)OCCCC[C@@H]1C(=O)NO. The van der Waals surface area contributed by atoms with E-state index in [0.717, 1.165) is 17.7 Å². The molecule has 0 saturated carbocycles. The number of nitrogens with one attached hydrogen (secondary N) is 1. The van der Waals surface area contributed by atoms with Gasteiger partial charge in [-0.2, -0.15) is 0 Å². The molecular weight excluding hydrogens is 430 g/mol. The first-order valence-electron chi connectivity index (χ1n) is 12.2. The van der Waals surface area contributed by atoms with E-state index in [1.165, 1.54) is 0 Å². The molecule has 4 rings (SSSR count). The first kappa shape index (κ1) is 25.6. The fraction of sp³-hybridized carbons (Fsp3) is 0.464. The number of hydrogen-bond donors (Lipinski definition) is 2. The maximum atomic E-state index is 13.7. The van der Waals surface area contributed by atoms with E-state index in [2.05, 4.69) is 0 Å². The molecular formula is C28H35NO5. The van der Waals surface area contributed by atoms with E-state index in [-0.39, 0.29) is 23.9 Å². The van der Waals surface area contributed by atoms with Crippen LogP contribution in [0.2, 0.25) is 0 Å². The van der Waals surface area contributed by atoms with Crippen molar-refractivity contribution in [3.63, 3.8) is 0 Å². The number of amides is 1. The van der Waals surface area contributed by atoms with Crippen LogP contribution in [0.5, 0.6) is 5.75 Å². The lowest BCUT2D eigenvalue weighted by molar-refractivity contribution is -0.140. The van der Waals surface area contributed by atoms with Crippen molar-refractivity contribution in [2.24, 2.45) is 23.7 Å². The first-order chi connectivity index (χ1) is 16.4. The normalized spacial score (nSPS) is 21.9. The number of fused-ring (bicyclic) bond motifs is 12. The number of hydroxylamine groups is 1. The largest absolute Gasteiger partial charge is 0.494 e. The summed E-state index contributed by atoms with van der Waals surface area (Å²) in [6.07, 6.45) is 2.88. The average Bonchev–Trinajstić information content (AvgIpc) is 2.85. The Morgan fingerprint density at radius 2 is 1.74 bits per heavy atom. The van der Waals surface area contributed by atoms with Crippen molar-refractivity contribution in [1.29, 1.82) is 0 Å². The molecule has 0 aliphatic carbocycles. The van der Waals surface area contributed by atoms with E-state index in [0.29, 0.717) is 37.9 Å². The van der Waals surface area contributed by atoms with Gasteiger partial charge in [-0.25, -0.2) is 5.48 Å². The third-order valence-corrected chi connectivity index (χ3v) is 6.53. The average molecular weight is 466 g/mol. The third-order valence-electron chi connectivity index (χ3n) is 6.53. The number of carbonyl (C=O) groups is 3. The molecule has 6 nitrogen and oxygen atoms in total. The zero-order valence-electron chi connectivity index (χ0n) is 20.0. The van der Waals surface area contributed by atoms with Crippen LogP contribution in [-0.4, -0.2) is 29.3 Å². The lowest BCUT2D eigenvalue weighted by Crippen LogP contribution is -2.38. The Morgan fingerprint density at radius 1 is 1.03 bits per heavy atom. The number of carbonyl (C=O) groups excluding carboxylic acids is 3. The van der Waals surface area contributed by atoms with Crippen molar-refractivity contribution < 1.29 is 24.3 Å². The number of hydrogen-bond acceptors (Lipinski definition) is 5. The predicted molar refractivity (Wildman–Crippen MR) is 130 cm³/mol. The maximum absolute atomic E-state index is 13.7. The van der Waals surface area contributed by atoms with Gasteiger partial charge in [-0.1, -0.05) is 56.3 Å². The minimum atomic E-state index is -0.647. The zero-order valence-corrected chi connectivity index (χ0v) is 20.0. The van der Waals surface area contributed by atoms with Gasteiger partial charge in [0.1, 0.15) is 11.5 Å². The molecule has 2 aliphatic rings. The molecule has 0 fully saturated rings. The van der Waals surface area contributed by atoms with Crippen molar-refractivity contribution in [2.75, 3.05) is 6.61 Å². The van der Waals surface area contributed by atoms with E-state index >= 15 is 0 Å². The van der Waals surface area contributed by atoms with Crippen LogP contribution in [0.1, 0.15) is 61.9 Å². The minimum absolute atomic E-state index is 0.0541. The second kappa shape index (κ2) is 12.5. The smallest absolute Gasteiger partial charge is 0.247 e. The summed E-state index contributed by atoms with van der Waals surface area (Å²) in [6.45, 7) is 4.53. The second-order valence-electron chi connectivity index (χ2n) is 9.61. The molecule has 0 spiro atoms. The lowest BCUT2D eigenvalue weighted by atomic mass is 9.75. The highest BCUT2D eigenvalue weighted by Gasteiger charge is 2.36. The molecule has 0 saturated heterocycles. The summed E-state index contributed by atoms with van der Waals surface area (Å²) >= 11 is 0. The van der Waals surface area contributed by atoms with Gasteiger partial charge >= 0.3 is 0 Å². The molecule has 0 unspecified atom stereocenters. The van der Waals surface area contributed by atoms with E-state index in [1.54, 1.807) is 17.6 Å². The molecule has 2 aromatic carbocycles. The summed E-state index contributed by atoms with van der Waals surface area (Å²) in [4.78, 5) is 39.7. The fourth-order valence-electron chi connectivity index (χ4n) is 4.78.